The molecular formula is C16H20BrNO2. The first-order valence-electron chi connectivity index (χ1n) is 6.95. The van der Waals surface area contributed by atoms with Crippen molar-refractivity contribution in [3.8, 4) is 5.75 Å². The van der Waals surface area contributed by atoms with E-state index < -0.39 is 0 Å². The van der Waals surface area contributed by atoms with Crippen LogP contribution in [-0.4, -0.2) is 13.2 Å². The second kappa shape index (κ2) is 7.50. The molecule has 1 atom stereocenters. The first-order chi connectivity index (χ1) is 9.77. The van der Waals surface area contributed by atoms with Gasteiger partial charge in [-0.1, -0.05) is 25.1 Å². The lowest BCUT2D eigenvalue weighted by atomic mass is 10.00. The smallest absolute Gasteiger partial charge is 0.174 e. The third kappa shape index (κ3) is 3.44. The molecule has 0 spiro atoms. The summed E-state index contributed by atoms with van der Waals surface area (Å²) in [6.07, 6.45) is 2.77. The van der Waals surface area contributed by atoms with Crippen molar-refractivity contribution in [2.75, 3.05) is 13.2 Å². The molecule has 0 radical (unpaired) electrons. The zero-order valence-corrected chi connectivity index (χ0v) is 13.4. The Kier molecular flexibility index (Phi) is 5.68. The van der Waals surface area contributed by atoms with Crippen molar-refractivity contribution in [3.63, 3.8) is 0 Å². The van der Waals surface area contributed by atoms with Gasteiger partial charge in [0.25, 0.3) is 0 Å². The number of rotatable bonds is 7. The van der Waals surface area contributed by atoms with Crippen LogP contribution in [0.25, 0.3) is 0 Å². The van der Waals surface area contributed by atoms with Gasteiger partial charge in [-0.05, 0) is 48.0 Å². The molecule has 20 heavy (non-hydrogen) atoms. The molecule has 2 aromatic rings. The van der Waals surface area contributed by atoms with Gasteiger partial charge in [0, 0.05) is 11.1 Å². The maximum absolute atomic E-state index is 5.75. The quantitative estimate of drug-likeness (QED) is 0.805. The Bertz CT molecular complexity index is 539. The first kappa shape index (κ1) is 15.1. The van der Waals surface area contributed by atoms with Gasteiger partial charge in [0.05, 0.1) is 18.9 Å². The lowest BCUT2D eigenvalue weighted by Crippen LogP contribution is -2.23. The average molecular weight is 338 g/mol. The maximum atomic E-state index is 5.75. The zero-order valence-electron chi connectivity index (χ0n) is 11.9. The largest absolute Gasteiger partial charge is 0.494 e. The number of hydrogen-bond donors (Lipinski definition) is 1. The van der Waals surface area contributed by atoms with Gasteiger partial charge < -0.3 is 14.5 Å². The van der Waals surface area contributed by atoms with Crippen LogP contribution in [0.2, 0.25) is 0 Å². The van der Waals surface area contributed by atoms with Gasteiger partial charge in [0.1, 0.15) is 5.75 Å². The van der Waals surface area contributed by atoms with E-state index in [0.717, 1.165) is 34.5 Å². The molecule has 1 aromatic heterocycles. The fourth-order valence-electron chi connectivity index (χ4n) is 2.19. The highest BCUT2D eigenvalue weighted by Gasteiger charge is 2.21. The Labute approximate surface area is 128 Å². The number of benzene rings is 1. The zero-order chi connectivity index (χ0) is 14.4. The first-order valence-corrected chi connectivity index (χ1v) is 7.75. The summed E-state index contributed by atoms with van der Waals surface area (Å²) in [5.74, 6) is 0.914. The molecular weight excluding hydrogens is 318 g/mol. The second-order valence-electron chi connectivity index (χ2n) is 4.51. The molecule has 0 amide bonds. The summed E-state index contributed by atoms with van der Waals surface area (Å²) in [7, 11) is 0. The SMILES string of the molecule is CCCNC(c1ccccc1OCC)c1ccoc1Br. The van der Waals surface area contributed by atoms with Crippen LogP contribution in [0.15, 0.2) is 45.7 Å². The van der Waals surface area contributed by atoms with Crippen LogP contribution >= 0.6 is 15.9 Å². The molecule has 3 nitrogen and oxygen atoms in total. The maximum Gasteiger partial charge on any atom is 0.174 e. The van der Waals surface area contributed by atoms with E-state index in [2.05, 4.69) is 34.2 Å². The van der Waals surface area contributed by atoms with Crippen molar-refractivity contribution in [2.45, 2.75) is 26.3 Å². The van der Waals surface area contributed by atoms with Crippen molar-refractivity contribution in [3.05, 3.63) is 52.4 Å². The summed E-state index contributed by atoms with van der Waals surface area (Å²) in [6, 6.07) is 10.2. The van der Waals surface area contributed by atoms with Gasteiger partial charge in [0.15, 0.2) is 4.67 Å². The standard InChI is InChI=1S/C16H20BrNO2/c1-3-10-18-15(13-9-11-20-16(13)17)12-7-5-6-8-14(12)19-4-2/h5-9,11,15,18H,3-4,10H2,1-2H3. The monoisotopic (exact) mass is 337 g/mol. The highest BCUT2D eigenvalue weighted by Crippen LogP contribution is 2.34. The van der Waals surface area contributed by atoms with E-state index in [1.54, 1.807) is 6.26 Å². The summed E-state index contributed by atoms with van der Waals surface area (Å²) >= 11 is 3.47. The summed E-state index contributed by atoms with van der Waals surface area (Å²) in [4.78, 5) is 0. The fourth-order valence-corrected chi connectivity index (χ4v) is 2.66. The molecule has 1 unspecified atom stereocenters. The topological polar surface area (TPSA) is 34.4 Å². The number of halogens is 1. The Hall–Kier alpha value is -1.26. The molecule has 2 rings (SSSR count). The minimum atomic E-state index is 0.0609. The molecule has 0 aliphatic rings. The number of para-hydroxylation sites is 1. The highest BCUT2D eigenvalue weighted by molar-refractivity contribution is 9.10. The molecule has 0 bridgehead atoms. The number of ether oxygens (including phenoxy) is 1. The van der Waals surface area contributed by atoms with Crippen molar-refractivity contribution >= 4 is 15.9 Å². The van der Waals surface area contributed by atoms with Crippen LogP contribution in [-0.2, 0) is 0 Å². The van der Waals surface area contributed by atoms with E-state index in [1.807, 2.05) is 31.2 Å². The summed E-state index contributed by atoms with van der Waals surface area (Å²) in [5.41, 5.74) is 2.22. The van der Waals surface area contributed by atoms with E-state index >= 15 is 0 Å². The minimum Gasteiger partial charge on any atom is -0.494 e. The fraction of sp³-hybridized carbons (Fsp3) is 0.375. The Morgan fingerprint density at radius 1 is 1.20 bits per heavy atom. The van der Waals surface area contributed by atoms with Crippen molar-refractivity contribution in [1.82, 2.24) is 5.32 Å². The van der Waals surface area contributed by atoms with E-state index in [9.17, 15) is 0 Å². The molecule has 0 saturated heterocycles. The lowest BCUT2D eigenvalue weighted by Gasteiger charge is -2.21. The molecule has 1 aromatic carbocycles. The van der Waals surface area contributed by atoms with Gasteiger partial charge >= 0.3 is 0 Å². The third-order valence-electron chi connectivity index (χ3n) is 3.09. The van der Waals surface area contributed by atoms with Gasteiger partial charge in [-0.15, -0.1) is 0 Å². The number of nitrogens with one attached hydrogen (secondary N) is 1. The van der Waals surface area contributed by atoms with E-state index in [0.29, 0.717) is 6.61 Å². The van der Waals surface area contributed by atoms with E-state index in [1.165, 1.54) is 0 Å². The third-order valence-corrected chi connectivity index (χ3v) is 3.73. The van der Waals surface area contributed by atoms with Crippen LogP contribution in [0.3, 0.4) is 0 Å². The number of furan rings is 1. The van der Waals surface area contributed by atoms with Crippen molar-refractivity contribution in [1.29, 1.82) is 0 Å². The Morgan fingerprint density at radius 2 is 2.00 bits per heavy atom. The molecule has 108 valence electrons. The van der Waals surface area contributed by atoms with E-state index in [4.69, 9.17) is 9.15 Å². The van der Waals surface area contributed by atoms with Crippen LogP contribution in [0.1, 0.15) is 37.4 Å². The van der Waals surface area contributed by atoms with Gasteiger partial charge in [-0.2, -0.15) is 0 Å². The molecule has 1 heterocycles. The van der Waals surface area contributed by atoms with Gasteiger partial charge in [0.2, 0.25) is 0 Å². The predicted octanol–water partition coefficient (Wildman–Crippen LogP) is 4.53. The molecule has 0 aliphatic carbocycles. The van der Waals surface area contributed by atoms with E-state index in [-0.39, 0.29) is 6.04 Å². The Balaban J connectivity index is 2.38. The van der Waals surface area contributed by atoms with Crippen LogP contribution in [0, 0.1) is 0 Å². The Morgan fingerprint density at radius 3 is 2.65 bits per heavy atom. The lowest BCUT2D eigenvalue weighted by molar-refractivity contribution is 0.333. The van der Waals surface area contributed by atoms with Crippen LogP contribution < -0.4 is 10.1 Å². The molecule has 0 fully saturated rings. The molecule has 0 saturated carbocycles. The highest BCUT2D eigenvalue weighted by atomic mass is 79.9. The predicted molar refractivity (Wildman–Crippen MR) is 84.2 cm³/mol. The van der Waals surface area contributed by atoms with Gasteiger partial charge in [-0.25, -0.2) is 0 Å². The van der Waals surface area contributed by atoms with Crippen LogP contribution in [0.5, 0.6) is 5.75 Å². The van der Waals surface area contributed by atoms with Crippen molar-refractivity contribution < 1.29 is 9.15 Å². The van der Waals surface area contributed by atoms with Gasteiger partial charge in [-0.3, -0.25) is 0 Å². The normalized spacial score (nSPS) is 12.3. The summed E-state index contributed by atoms with van der Waals surface area (Å²) in [5, 5.41) is 3.56. The summed E-state index contributed by atoms with van der Waals surface area (Å²) in [6.45, 7) is 5.74. The molecule has 0 aliphatic heterocycles. The van der Waals surface area contributed by atoms with Crippen molar-refractivity contribution in [2.24, 2.45) is 0 Å². The van der Waals surface area contributed by atoms with Crippen LogP contribution in [0.4, 0.5) is 0 Å². The average Bonchev–Trinajstić information content (AvgIpc) is 2.88. The molecule has 4 heteroatoms. The minimum absolute atomic E-state index is 0.0609. The second-order valence-corrected chi connectivity index (χ2v) is 5.23. The number of hydrogen-bond acceptors (Lipinski definition) is 3. The molecule has 1 N–H and O–H groups in total. The summed E-state index contributed by atoms with van der Waals surface area (Å²) < 4.78 is 11.9.